The second-order valence-electron chi connectivity index (χ2n) is 4.41. The van der Waals surface area contributed by atoms with Crippen molar-refractivity contribution in [3.05, 3.63) is 40.3 Å². The topological polar surface area (TPSA) is 75.0 Å². The summed E-state index contributed by atoms with van der Waals surface area (Å²) in [5.41, 5.74) is 7.49. The molecule has 2 aromatic rings. The van der Waals surface area contributed by atoms with Gasteiger partial charge in [0.2, 0.25) is 0 Å². The Hall–Kier alpha value is -1.72. The fraction of sp³-hybridized carbons (Fsp3) is 0.385. The Balaban J connectivity index is 2.22. The average molecular weight is 246 g/mol. The molecule has 0 aliphatic carbocycles. The van der Waals surface area contributed by atoms with Crippen LogP contribution in [-0.4, -0.2) is 35.0 Å². The maximum Gasteiger partial charge on any atom is 0.271 e. The molecule has 0 spiro atoms. The lowest BCUT2D eigenvalue weighted by atomic mass is 10.3. The summed E-state index contributed by atoms with van der Waals surface area (Å²) < 4.78 is 0. The van der Waals surface area contributed by atoms with E-state index in [1.807, 2.05) is 31.3 Å². The van der Waals surface area contributed by atoms with E-state index in [1.54, 1.807) is 0 Å². The van der Waals surface area contributed by atoms with Gasteiger partial charge in [-0.3, -0.25) is 4.79 Å². The first-order chi connectivity index (χ1) is 8.70. The normalized spacial score (nSPS) is 11.3. The fourth-order valence-electron chi connectivity index (χ4n) is 1.87. The number of aromatic amines is 1. The predicted octanol–water partition coefficient (Wildman–Crippen LogP) is 0.704. The standard InChI is InChI=1S/C13H18N4O/c1-17(8-4-7-14)9-12-13(18)16-11-6-3-2-5-10(11)15-12/h2-3,5-6H,4,7-9,14H2,1H3,(H,16,18). The lowest BCUT2D eigenvalue weighted by molar-refractivity contribution is 0.319. The number of nitrogens with one attached hydrogen (secondary N) is 1. The van der Waals surface area contributed by atoms with Gasteiger partial charge in [-0.25, -0.2) is 4.98 Å². The molecule has 0 fully saturated rings. The first-order valence-electron chi connectivity index (χ1n) is 6.07. The van der Waals surface area contributed by atoms with Crippen LogP contribution in [0.3, 0.4) is 0 Å². The highest BCUT2D eigenvalue weighted by Crippen LogP contribution is 2.06. The van der Waals surface area contributed by atoms with Crippen molar-refractivity contribution in [2.45, 2.75) is 13.0 Å². The largest absolute Gasteiger partial charge is 0.330 e. The number of nitrogens with zero attached hydrogens (tertiary/aromatic N) is 2. The van der Waals surface area contributed by atoms with Gasteiger partial charge < -0.3 is 15.6 Å². The van der Waals surface area contributed by atoms with E-state index in [-0.39, 0.29) is 5.56 Å². The lowest BCUT2D eigenvalue weighted by Gasteiger charge is -2.15. The summed E-state index contributed by atoms with van der Waals surface area (Å²) in [4.78, 5) is 21.2. The second kappa shape index (κ2) is 5.75. The van der Waals surface area contributed by atoms with Gasteiger partial charge in [0.1, 0.15) is 5.69 Å². The first-order valence-corrected chi connectivity index (χ1v) is 6.07. The van der Waals surface area contributed by atoms with E-state index in [9.17, 15) is 4.79 Å². The highest BCUT2D eigenvalue weighted by molar-refractivity contribution is 5.73. The van der Waals surface area contributed by atoms with Crippen LogP contribution in [0.25, 0.3) is 11.0 Å². The van der Waals surface area contributed by atoms with Crippen LogP contribution < -0.4 is 11.3 Å². The van der Waals surface area contributed by atoms with Gasteiger partial charge in [0.25, 0.3) is 5.56 Å². The van der Waals surface area contributed by atoms with Gasteiger partial charge in [0, 0.05) is 6.54 Å². The van der Waals surface area contributed by atoms with Crippen molar-refractivity contribution in [2.24, 2.45) is 5.73 Å². The highest BCUT2D eigenvalue weighted by Gasteiger charge is 2.07. The molecule has 3 N–H and O–H groups in total. The maximum absolute atomic E-state index is 11.9. The Kier molecular flexibility index (Phi) is 4.07. The monoisotopic (exact) mass is 246 g/mol. The summed E-state index contributed by atoms with van der Waals surface area (Å²) in [5.74, 6) is 0. The molecule has 5 nitrogen and oxygen atoms in total. The molecule has 0 saturated heterocycles. The number of benzene rings is 1. The van der Waals surface area contributed by atoms with Crippen molar-refractivity contribution in [1.29, 1.82) is 0 Å². The zero-order chi connectivity index (χ0) is 13.0. The van der Waals surface area contributed by atoms with Crippen LogP contribution in [0, 0.1) is 0 Å². The van der Waals surface area contributed by atoms with Gasteiger partial charge >= 0.3 is 0 Å². The Morgan fingerprint density at radius 3 is 2.94 bits per heavy atom. The molecule has 0 radical (unpaired) electrons. The smallest absolute Gasteiger partial charge is 0.271 e. The number of nitrogens with two attached hydrogens (primary N) is 1. The first kappa shape index (κ1) is 12.7. The second-order valence-corrected chi connectivity index (χ2v) is 4.41. The van der Waals surface area contributed by atoms with Crippen molar-refractivity contribution < 1.29 is 0 Å². The molecule has 0 unspecified atom stereocenters. The minimum Gasteiger partial charge on any atom is -0.330 e. The number of H-pyrrole nitrogens is 1. The number of para-hydroxylation sites is 2. The molecule has 0 bridgehead atoms. The molecule has 0 saturated carbocycles. The summed E-state index contributed by atoms with van der Waals surface area (Å²) in [6, 6.07) is 7.54. The predicted molar refractivity (Wildman–Crippen MR) is 72.4 cm³/mol. The minimum absolute atomic E-state index is 0.117. The number of hydrogen-bond donors (Lipinski definition) is 2. The van der Waals surface area contributed by atoms with E-state index in [1.165, 1.54) is 0 Å². The molecule has 2 rings (SSSR count). The van der Waals surface area contributed by atoms with E-state index in [2.05, 4.69) is 14.9 Å². The average Bonchev–Trinajstić information content (AvgIpc) is 2.37. The molecule has 18 heavy (non-hydrogen) atoms. The Bertz CT molecular complexity index is 578. The van der Waals surface area contributed by atoms with Crippen molar-refractivity contribution in [2.75, 3.05) is 20.1 Å². The van der Waals surface area contributed by atoms with Crippen LogP contribution in [-0.2, 0) is 6.54 Å². The zero-order valence-electron chi connectivity index (χ0n) is 10.5. The van der Waals surface area contributed by atoms with E-state index >= 15 is 0 Å². The van der Waals surface area contributed by atoms with Crippen LogP contribution in [0.15, 0.2) is 29.1 Å². The van der Waals surface area contributed by atoms with Crippen LogP contribution >= 0.6 is 0 Å². The van der Waals surface area contributed by atoms with Gasteiger partial charge in [-0.2, -0.15) is 0 Å². The minimum atomic E-state index is -0.117. The van der Waals surface area contributed by atoms with Gasteiger partial charge in [-0.05, 0) is 38.7 Å². The molecular formula is C13H18N4O. The quantitative estimate of drug-likeness (QED) is 0.814. The van der Waals surface area contributed by atoms with Gasteiger partial charge in [-0.15, -0.1) is 0 Å². The molecule has 0 amide bonds. The number of fused-ring (bicyclic) bond motifs is 1. The molecule has 1 aromatic carbocycles. The summed E-state index contributed by atoms with van der Waals surface area (Å²) in [7, 11) is 1.96. The number of aromatic nitrogens is 2. The number of rotatable bonds is 5. The van der Waals surface area contributed by atoms with Gasteiger partial charge in [-0.1, -0.05) is 12.1 Å². The Morgan fingerprint density at radius 2 is 2.17 bits per heavy atom. The third kappa shape index (κ3) is 2.94. The molecule has 96 valence electrons. The lowest BCUT2D eigenvalue weighted by Crippen LogP contribution is -2.26. The SMILES string of the molecule is CN(CCCN)Cc1nc2ccccc2[nH]c1=O. The molecule has 0 aliphatic heterocycles. The molecule has 1 heterocycles. The fourth-order valence-corrected chi connectivity index (χ4v) is 1.87. The van der Waals surface area contributed by atoms with Crippen LogP contribution in [0.1, 0.15) is 12.1 Å². The van der Waals surface area contributed by atoms with Crippen molar-refractivity contribution in [3.8, 4) is 0 Å². The van der Waals surface area contributed by atoms with Gasteiger partial charge in [0.05, 0.1) is 11.0 Å². The Labute approximate surface area is 106 Å². The Morgan fingerprint density at radius 1 is 1.39 bits per heavy atom. The molecule has 5 heteroatoms. The molecule has 0 aliphatic rings. The summed E-state index contributed by atoms with van der Waals surface area (Å²) >= 11 is 0. The summed E-state index contributed by atoms with van der Waals surface area (Å²) in [5, 5.41) is 0. The molecule has 1 aromatic heterocycles. The van der Waals surface area contributed by atoms with Crippen LogP contribution in [0.4, 0.5) is 0 Å². The number of hydrogen-bond acceptors (Lipinski definition) is 4. The van der Waals surface area contributed by atoms with Crippen molar-refractivity contribution in [1.82, 2.24) is 14.9 Å². The van der Waals surface area contributed by atoms with Crippen LogP contribution in [0.5, 0.6) is 0 Å². The summed E-state index contributed by atoms with van der Waals surface area (Å²) in [6.45, 7) is 2.07. The summed E-state index contributed by atoms with van der Waals surface area (Å²) in [6.07, 6.45) is 0.919. The maximum atomic E-state index is 11.9. The van der Waals surface area contributed by atoms with Gasteiger partial charge in [0.15, 0.2) is 0 Å². The van der Waals surface area contributed by atoms with E-state index in [0.29, 0.717) is 18.8 Å². The van der Waals surface area contributed by atoms with Crippen LogP contribution in [0.2, 0.25) is 0 Å². The van der Waals surface area contributed by atoms with E-state index in [4.69, 9.17) is 5.73 Å². The van der Waals surface area contributed by atoms with Crippen molar-refractivity contribution in [3.63, 3.8) is 0 Å². The highest BCUT2D eigenvalue weighted by atomic mass is 16.1. The third-order valence-electron chi connectivity index (χ3n) is 2.83. The zero-order valence-corrected chi connectivity index (χ0v) is 10.5. The third-order valence-corrected chi connectivity index (χ3v) is 2.83. The molecule has 0 atom stereocenters. The van der Waals surface area contributed by atoms with Crippen molar-refractivity contribution >= 4 is 11.0 Å². The van der Waals surface area contributed by atoms with E-state index in [0.717, 1.165) is 24.0 Å². The van der Waals surface area contributed by atoms with E-state index < -0.39 is 0 Å². The molecular weight excluding hydrogens is 228 g/mol.